The summed E-state index contributed by atoms with van der Waals surface area (Å²) in [5.41, 5.74) is 7.02. The second-order valence-corrected chi connectivity index (χ2v) is 9.96. The lowest BCUT2D eigenvalue weighted by molar-refractivity contribution is -0.114. The van der Waals surface area contributed by atoms with Gasteiger partial charge in [0.1, 0.15) is 11.4 Å². The molecule has 1 aliphatic rings. The molecular formula is C31H31N3O2S. The summed E-state index contributed by atoms with van der Waals surface area (Å²) in [7, 11) is 1.86. The molecule has 6 heteroatoms. The molecule has 0 aliphatic carbocycles. The molecule has 5 rings (SSSR count). The lowest BCUT2D eigenvalue weighted by Gasteiger charge is -2.17. The fourth-order valence-electron chi connectivity index (χ4n) is 4.63. The second kappa shape index (κ2) is 10.2. The van der Waals surface area contributed by atoms with Gasteiger partial charge in [0, 0.05) is 36.3 Å². The van der Waals surface area contributed by atoms with Gasteiger partial charge in [0.2, 0.25) is 0 Å². The maximum atomic E-state index is 13.5. The van der Waals surface area contributed by atoms with Gasteiger partial charge in [0.05, 0.1) is 12.3 Å². The van der Waals surface area contributed by atoms with Crippen LogP contribution in [0.4, 0.5) is 5.69 Å². The summed E-state index contributed by atoms with van der Waals surface area (Å²) in [5, 5.41) is 1.59. The monoisotopic (exact) mass is 509 g/mol. The standard InChI is InChI=1S/C31H31N3O2S/c1-21-10-14-26(15-11-21)36-17-7-16-33-20-24(27-8-5-6-9-28(27)33)19-29-30(35)34(31(37)32(29)4)25-13-12-22(2)23(3)18-25/h5-6,8-15,18-20H,7,16-17H2,1-4H3/b29-19-. The third kappa shape index (κ3) is 4.89. The van der Waals surface area contributed by atoms with Crippen molar-refractivity contribution in [3.8, 4) is 5.75 Å². The zero-order valence-corrected chi connectivity index (χ0v) is 22.5. The van der Waals surface area contributed by atoms with Crippen molar-refractivity contribution in [2.24, 2.45) is 0 Å². The van der Waals surface area contributed by atoms with Gasteiger partial charge in [0.25, 0.3) is 5.91 Å². The van der Waals surface area contributed by atoms with Crippen LogP contribution in [0.3, 0.4) is 0 Å². The van der Waals surface area contributed by atoms with E-state index in [0.29, 0.717) is 17.4 Å². The Labute approximate surface area is 223 Å². The van der Waals surface area contributed by atoms with Crippen LogP contribution in [0, 0.1) is 20.8 Å². The van der Waals surface area contributed by atoms with E-state index in [9.17, 15) is 4.79 Å². The number of carbonyl (C=O) groups is 1. The first-order chi connectivity index (χ1) is 17.8. The first kappa shape index (κ1) is 24.8. The number of aryl methyl sites for hydroxylation is 4. The van der Waals surface area contributed by atoms with E-state index in [4.69, 9.17) is 17.0 Å². The van der Waals surface area contributed by atoms with E-state index in [0.717, 1.165) is 46.4 Å². The van der Waals surface area contributed by atoms with Gasteiger partial charge in [-0.1, -0.05) is 42.0 Å². The van der Waals surface area contributed by atoms with Crippen LogP contribution in [0.15, 0.2) is 78.6 Å². The van der Waals surface area contributed by atoms with Crippen LogP contribution in [0.25, 0.3) is 17.0 Å². The molecule has 0 atom stereocenters. The van der Waals surface area contributed by atoms with E-state index >= 15 is 0 Å². The van der Waals surface area contributed by atoms with E-state index in [1.165, 1.54) is 11.1 Å². The summed E-state index contributed by atoms with van der Waals surface area (Å²) in [4.78, 5) is 17.0. The van der Waals surface area contributed by atoms with Crippen LogP contribution in [0.5, 0.6) is 5.75 Å². The van der Waals surface area contributed by atoms with Crippen molar-refractivity contribution in [3.05, 3.63) is 101 Å². The van der Waals surface area contributed by atoms with Crippen molar-refractivity contribution >= 4 is 45.9 Å². The molecule has 1 fully saturated rings. The molecule has 0 saturated carbocycles. The summed E-state index contributed by atoms with van der Waals surface area (Å²) in [6.45, 7) is 7.62. The Balaban J connectivity index is 1.38. The Hall–Kier alpha value is -3.90. The number of anilines is 1. The molecule has 1 saturated heterocycles. The molecule has 0 spiro atoms. The molecule has 188 valence electrons. The van der Waals surface area contributed by atoms with Crippen molar-refractivity contribution in [1.29, 1.82) is 0 Å². The second-order valence-electron chi connectivity index (χ2n) is 9.59. The van der Waals surface area contributed by atoms with Crippen molar-refractivity contribution in [1.82, 2.24) is 9.47 Å². The lowest BCUT2D eigenvalue weighted by atomic mass is 10.1. The van der Waals surface area contributed by atoms with Crippen LogP contribution in [0.2, 0.25) is 0 Å². The number of carbonyl (C=O) groups excluding carboxylic acids is 1. The Kier molecular flexibility index (Phi) is 6.85. The highest BCUT2D eigenvalue weighted by atomic mass is 32.1. The van der Waals surface area contributed by atoms with Crippen molar-refractivity contribution in [3.63, 3.8) is 0 Å². The van der Waals surface area contributed by atoms with E-state index in [1.807, 2.05) is 62.5 Å². The van der Waals surface area contributed by atoms with Gasteiger partial charge in [-0.05, 0) is 86.9 Å². The van der Waals surface area contributed by atoms with E-state index < -0.39 is 0 Å². The highest BCUT2D eigenvalue weighted by Crippen LogP contribution is 2.31. The van der Waals surface area contributed by atoms with Gasteiger partial charge < -0.3 is 14.2 Å². The number of ether oxygens (including phenoxy) is 1. The maximum Gasteiger partial charge on any atom is 0.281 e. The topological polar surface area (TPSA) is 37.7 Å². The molecule has 0 unspecified atom stereocenters. The molecule has 3 aromatic carbocycles. The van der Waals surface area contributed by atoms with Crippen molar-refractivity contribution < 1.29 is 9.53 Å². The zero-order chi connectivity index (χ0) is 26.1. The Morgan fingerprint density at radius 1 is 0.946 bits per heavy atom. The third-order valence-electron chi connectivity index (χ3n) is 6.96. The normalized spacial score (nSPS) is 14.9. The first-order valence-corrected chi connectivity index (χ1v) is 12.9. The molecular weight excluding hydrogens is 478 g/mol. The van der Waals surface area contributed by atoms with Gasteiger partial charge in [-0.2, -0.15) is 0 Å². The molecule has 37 heavy (non-hydrogen) atoms. The Bertz CT molecular complexity index is 1520. The number of benzene rings is 3. The smallest absolute Gasteiger partial charge is 0.281 e. The fraction of sp³-hybridized carbons (Fsp3) is 0.226. The molecule has 5 nitrogen and oxygen atoms in total. The number of para-hydroxylation sites is 1. The minimum absolute atomic E-state index is 0.112. The minimum atomic E-state index is -0.112. The summed E-state index contributed by atoms with van der Waals surface area (Å²) >= 11 is 5.68. The minimum Gasteiger partial charge on any atom is -0.494 e. The number of likely N-dealkylation sites (N-methyl/N-ethyl adjacent to an activating group) is 1. The Morgan fingerprint density at radius 3 is 2.46 bits per heavy atom. The van der Waals surface area contributed by atoms with Crippen LogP contribution in [-0.2, 0) is 11.3 Å². The van der Waals surface area contributed by atoms with Crippen LogP contribution in [-0.4, -0.2) is 34.1 Å². The summed E-state index contributed by atoms with van der Waals surface area (Å²) < 4.78 is 8.16. The van der Waals surface area contributed by atoms with Crippen LogP contribution >= 0.6 is 12.2 Å². The highest BCUT2D eigenvalue weighted by Gasteiger charge is 2.37. The number of thiocarbonyl (C=S) groups is 1. The molecule has 0 radical (unpaired) electrons. The average Bonchev–Trinajstić information content (AvgIpc) is 3.34. The van der Waals surface area contributed by atoms with Crippen molar-refractivity contribution in [2.45, 2.75) is 33.7 Å². The molecule has 1 aliphatic heterocycles. The number of hydrogen-bond acceptors (Lipinski definition) is 3. The van der Waals surface area contributed by atoms with Crippen LogP contribution < -0.4 is 9.64 Å². The van der Waals surface area contributed by atoms with Crippen molar-refractivity contribution in [2.75, 3.05) is 18.6 Å². The largest absolute Gasteiger partial charge is 0.494 e. The Morgan fingerprint density at radius 2 is 1.70 bits per heavy atom. The van der Waals surface area contributed by atoms with E-state index in [2.05, 4.69) is 48.9 Å². The molecule has 0 N–H and O–H groups in total. The third-order valence-corrected chi connectivity index (χ3v) is 7.41. The molecule has 1 aromatic heterocycles. The summed E-state index contributed by atoms with van der Waals surface area (Å²) in [6, 6.07) is 22.4. The zero-order valence-electron chi connectivity index (χ0n) is 21.7. The van der Waals surface area contributed by atoms with Gasteiger partial charge in [0.15, 0.2) is 5.11 Å². The predicted molar refractivity (Wildman–Crippen MR) is 155 cm³/mol. The number of nitrogens with zero attached hydrogens (tertiary/aromatic N) is 3. The molecule has 4 aromatic rings. The number of rotatable bonds is 7. The quantitative estimate of drug-likeness (QED) is 0.159. The van der Waals surface area contributed by atoms with Gasteiger partial charge in [-0.25, -0.2) is 0 Å². The number of amides is 1. The maximum absolute atomic E-state index is 13.5. The highest BCUT2D eigenvalue weighted by molar-refractivity contribution is 7.80. The average molecular weight is 510 g/mol. The van der Waals surface area contributed by atoms with Gasteiger partial charge >= 0.3 is 0 Å². The van der Waals surface area contributed by atoms with Gasteiger partial charge in [-0.15, -0.1) is 0 Å². The van der Waals surface area contributed by atoms with Crippen LogP contribution in [0.1, 0.15) is 28.7 Å². The fourth-order valence-corrected chi connectivity index (χ4v) is 4.92. The summed E-state index contributed by atoms with van der Waals surface area (Å²) in [6.07, 6.45) is 4.94. The first-order valence-electron chi connectivity index (χ1n) is 12.5. The molecule has 2 heterocycles. The number of fused-ring (bicyclic) bond motifs is 1. The number of aromatic nitrogens is 1. The lowest BCUT2D eigenvalue weighted by Crippen LogP contribution is -2.31. The van der Waals surface area contributed by atoms with E-state index in [-0.39, 0.29) is 5.91 Å². The SMILES string of the molecule is Cc1ccc(OCCCn2cc(/C=C3/C(=O)N(c4ccc(C)c(C)c4)C(=S)N3C)c3ccccc32)cc1. The predicted octanol–water partition coefficient (Wildman–Crippen LogP) is 6.64. The molecule has 0 bridgehead atoms. The number of hydrogen-bond donors (Lipinski definition) is 0. The molecule has 1 amide bonds. The van der Waals surface area contributed by atoms with E-state index in [1.54, 1.807) is 9.80 Å². The summed E-state index contributed by atoms with van der Waals surface area (Å²) in [5.74, 6) is 0.777. The van der Waals surface area contributed by atoms with Gasteiger partial charge in [-0.3, -0.25) is 9.69 Å².